The Balaban J connectivity index is 2.94. The molecule has 17 heavy (non-hydrogen) atoms. The number of anilines is 1. The second kappa shape index (κ2) is 5.33. The van der Waals surface area contributed by atoms with Crippen molar-refractivity contribution in [2.75, 3.05) is 11.8 Å². The first kappa shape index (κ1) is 13.7. The van der Waals surface area contributed by atoms with E-state index in [2.05, 4.69) is 16.9 Å². The molecule has 1 rings (SSSR count). The molecule has 94 valence electrons. The van der Waals surface area contributed by atoms with Gasteiger partial charge in [-0.2, -0.15) is 0 Å². The zero-order chi connectivity index (χ0) is 13.1. The molecular formula is C10H14N2O3S2. The van der Waals surface area contributed by atoms with Gasteiger partial charge in [-0.15, -0.1) is 0 Å². The average Bonchev–Trinajstić information content (AvgIpc) is 2.27. The number of nitrogens with two attached hydrogens (primary N) is 1. The van der Waals surface area contributed by atoms with Crippen LogP contribution >= 0.6 is 12.2 Å². The van der Waals surface area contributed by atoms with Crippen LogP contribution in [0.2, 0.25) is 0 Å². The van der Waals surface area contributed by atoms with E-state index >= 15 is 0 Å². The van der Waals surface area contributed by atoms with Crippen molar-refractivity contribution in [1.82, 2.24) is 0 Å². The summed E-state index contributed by atoms with van der Waals surface area (Å²) in [5.74, 6) is 0.563. The van der Waals surface area contributed by atoms with Crippen molar-refractivity contribution in [2.24, 2.45) is 5.73 Å². The van der Waals surface area contributed by atoms with E-state index in [-0.39, 0.29) is 4.99 Å². The SMILES string of the molecule is COc1cccc(NS(=O)(=O)C(C)C(N)=S)c1. The van der Waals surface area contributed by atoms with E-state index in [0.717, 1.165) is 0 Å². The van der Waals surface area contributed by atoms with Gasteiger partial charge in [-0.25, -0.2) is 8.42 Å². The van der Waals surface area contributed by atoms with Crippen LogP contribution in [-0.4, -0.2) is 25.8 Å². The number of hydrogen-bond donors (Lipinski definition) is 2. The predicted octanol–water partition coefficient (Wildman–Crippen LogP) is 1.11. The van der Waals surface area contributed by atoms with Crippen LogP contribution in [0.5, 0.6) is 5.75 Å². The van der Waals surface area contributed by atoms with Crippen LogP contribution in [0, 0.1) is 0 Å². The Hall–Kier alpha value is -1.34. The molecular weight excluding hydrogens is 260 g/mol. The third-order valence-corrected chi connectivity index (χ3v) is 4.40. The third kappa shape index (κ3) is 3.57. The fourth-order valence-electron chi connectivity index (χ4n) is 1.09. The molecule has 0 heterocycles. The van der Waals surface area contributed by atoms with E-state index in [4.69, 9.17) is 10.5 Å². The Bertz CT molecular complexity index is 514. The summed E-state index contributed by atoms with van der Waals surface area (Å²) in [5, 5.41) is -0.927. The maximum Gasteiger partial charge on any atom is 0.241 e. The van der Waals surface area contributed by atoms with Crippen molar-refractivity contribution in [1.29, 1.82) is 0 Å². The van der Waals surface area contributed by atoms with Gasteiger partial charge in [0.1, 0.15) is 11.0 Å². The largest absolute Gasteiger partial charge is 0.497 e. The summed E-state index contributed by atoms with van der Waals surface area (Å²) in [5.41, 5.74) is 5.73. The summed E-state index contributed by atoms with van der Waals surface area (Å²) in [6, 6.07) is 6.59. The lowest BCUT2D eigenvalue weighted by Crippen LogP contribution is -2.35. The number of benzene rings is 1. The third-order valence-electron chi connectivity index (χ3n) is 2.20. The van der Waals surface area contributed by atoms with Crippen molar-refractivity contribution in [3.63, 3.8) is 0 Å². The van der Waals surface area contributed by atoms with Gasteiger partial charge in [0.05, 0.1) is 17.8 Å². The topological polar surface area (TPSA) is 81.4 Å². The monoisotopic (exact) mass is 274 g/mol. The van der Waals surface area contributed by atoms with Crippen molar-refractivity contribution >= 4 is 32.9 Å². The molecule has 0 aliphatic heterocycles. The summed E-state index contributed by atoms with van der Waals surface area (Å²) in [6.45, 7) is 1.44. The summed E-state index contributed by atoms with van der Waals surface area (Å²) in [7, 11) is -2.10. The van der Waals surface area contributed by atoms with Gasteiger partial charge >= 0.3 is 0 Å². The lowest BCUT2D eigenvalue weighted by atomic mass is 10.3. The van der Waals surface area contributed by atoms with Crippen LogP contribution < -0.4 is 15.2 Å². The van der Waals surface area contributed by atoms with Crippen molar-refractivity contribution in [3.8, 4) is 5.75 Å². The first-order valence-electron chi connectivity index (χ1n) is 4.82. The van der Waals surface area contributed by atoms with Gasteiger partial charge in [-0.05, 0) is 19.1 Å². The molecule has 0 saturated carbocycles. The number of rotatable bonds is 5. The van der Waals surface area contributed by atoms with Crippen LogP contribution in [0.1, 0.15) is 6.92 Å². The highest BCUT2D eigenvalue weighted by atomic mass is 32.2. The molecule has 0 aromatic heterocycles. The standard InChI is InChI=1S/C10H14N2O3S2/c1-7(10(11)16)17(13,14)12-8-4-3-5-9(6-8)15-2/h3-7,12H,1-2H3,(H2,11,16). The zero-order valence-electron chi connectivity index (χ0n) is 9.51. The molecule has 1 aromatic rings. The summed E-state index contributed by atoms with van der Waals surface area (Å²) in [6.07, 6.45) is 0. The molecule has 0 aliphatic carbocycles. The van der Waals surface area contributed by atoms with E-state index in [1.54, 1.807) is 24.3 Å². The number of thiocarbonyl (C=S) groups is 1. The first-order chi connectivity index (χ1) is 7.86. The molecule has 3 N–H and O–H groups in total. The van der Waals surface area contributed by atoms with E-state index in [1.165, 1.54) is 14.0 Å². The smallest absolute Gasteiger partial charge is 0.241 e. The second-order valence-electron chi connectivity index (χ2n) is 3.42. The van der Waals surface area contributed by atoms with Gasteiger partial charge in [-0.1, -0.05) is 18.3 Å². The highest BCUT2D eigenvalue weighted by Crippen LogP contribution is 2.18. The molecule has 0 spiro atoms. The molecule has 0 radical (unpaired) electrons. The maximum absolute atomic E-state index is 11.8. The maximum atomic E-state index is 11.8. The normalized spacial score (nSPS) is 12.8. The zero-order valence-corrected chi connectivity index (χ0v) is 11.1. The number of nitrogens with one attached hydrogen (secondary N) is 1. The van der Waals surface area contributed by atoms with Crippen molar-refractivity contribution in [3.05, 3.63) is 24.3 Å². The minimum atomic E-state index is -3.61. The Kier molecular flexibility index (Phi) is 4.30. The van der Waals surface area contributed by atoms with E-state index in [1.807, 2.05) is 0 Å². The molecule has 1 unspecified atom stereocenters. The van der Waals surface area contributed by atoms with E-state index in [9.17, 15) is 8.42 Å². The number of sulfonamides is 1. The minimum Gasteiger partial charge on any atom is -0.497 e. The lowest BCUT2D eigenvalue weighted by Gasteiger charge is -2.13. The lowest BCUT2D eigenvalue weighted by molar-refractivity contribution is 0.415. The number of hydrogen-bond acceptors (Lipinski definition) is 4. The van der Waals surface area contributed by atoms with Crippen LogP contribution in [0.15, 0.2) is 24.3 Å². The van der Waals surface area contributed by atoms with Gasteiger partial charge in [0.2, 0.25) is 10.0 Å². The van der Waals surface area contributed by atoms with Gasteiger partial charge in [0.25, 0.3) is 0 Å². The average molecular weight is 274 g/mol. The molecule has 5 nitrogen and oxygen atoms in total. The molecule has 0 amide bonds. The molecule has 1 atom stereocenters. The first-order valence-corrected chi connectivity index (χ1v) is 6.77. The summed E-state index contributed by atoms with van der Waals surface area (Å²) >= 11 is 4.67. The molecule has 0 saturated heterocycles. The Labute approximate surface area is 106 Å². The van der Waals surface area contributed by atoms with Gasteiger partial charge in [0.15, 0.2) is 0 Å². The Morgan fingerprint density at radius 2 is 2.18 bits per heavy atom. The molecule has 0 fully saturated rings. The molecule has 1 aromatic carbocycles. The van der Waals surface area contributed by atoms with Crippen molar-refractivity contribution in [2.45, 2.75) is 12.2 Å². The van der Waals surface area contributed by atoms with Crippen LogP contribution in [0.3, 0.4) is 0 Å². The summed E-state index contributed by atoms with van der Waals surface area (Å²) in [4.78, 5) is -0.0691. The van der Waals surface area contributed by atoms with E-state index in [0.29, 0.717) is 11.4 Å². The number of methoxy groups -OCH3 is 1. The Morgan fingerprint density at radius 3 is 2.71 bits per heavy atom. The van der Waals surface area contributed by atoms with Gasteiger partial charge < -0.3 is 10.5 Å². The van der Waals surface area contributed by atoms with Crippen molar-refractivity contribution < 1.29 is 13.2 Å². The van der Waals surface area contributed by atoms with Gasteiger partial charge in [-0.3, -0.25) is 4.72 Å². The predicted molar refractivity (Wildman–Crippen MR) is 71.8 cm³/mol. The number of ether oxygens (including phenoxy) is 1. The molecule has 0 aliphatic rings. The molecule has 0 bridgehead atoms. The highest BCUT2D eigenvalue weighted by molar-refractivity contribution is 7.95. The van der Waals surface area contributed by atoms with Crippen LogP contribution in [-0.2, 0) is 10.0 Å². The highest BCUT2D eigenvalue weighted by Gasteiger charge is 2.23. The summed E-state index contributed by atoms with van der Waals surface area (Å²) < 4.78 is 31.0. The van der Waals surface area contributed by atoms with Crippen LogP contribution in [0.4, 0.5) is 5.69 Å². The van der Waals surface area contributed by atoms with Gasteiger partial charge in [0, 0.05) is 6.07 Å². The van der Waals surface area contributed by atoms with E-state index < -0.39 is 15.3 Å². The minimum absolute atomic E-state index is 0.0691. The Morgan fingerprint density at radius 1 is 1.53 bits per heavy atom. The van der Waals surface area contributed by atoms with Crippen LogP contribution in [0.25, 0.3) is 0 Å². The molecule has 7 heteroatoms. The fraction of sp³-hybridized carbons (Fsp3) is 0.300. The quantitative estimate of drug-likeness (QED) is 0.786. The fourth-order valence-corrected chi connectivity index (χ4v) is 2.41. The second-order valence-corrected chi connectivity index (χ2v) is 5.90.